The number of aryl methyl sites for hydroxylation is 1. The molecule has 10 nitrogen and oxygen atoms in total. The van der Waals surface area contributed by atoms with Crippen LogP contribution < -0.4 is 20.9 Å². The molecule has 204 valence electrons. The highest BCUT2D eigenvalue weighted by Crippen LogP contribution is 2.34. The summed E-state index contributed by atoms with van der Waals surface area (Å²) in [6, 6.07) is 11.9. The van der Waals surface area contributed by atoms with Crippen molar-refractivity contribution in [2.24, 2.45) is 0 Å². The van der Waals surface area contributed by atoms with E-state index in [1.54, 1.807) is 26.0 Å². The average molecular weight is 547 g/mol. The highest BCUT2D eigenvalue weighted by Gasteiger charge is 2.18. The van der Waals surface area contributed by atoms with Gasteiger partial charge in [0.1, 0.15) is 22.5 Å². The van der Waals surface area contributed by atoms with Crippen molar-refractivity contribution in [3.63, 3.8) is 0 Å². The third-order valence-corrected chi connectivity index (χ3v) is 5.97. The van der Waals surface area contributed by atoms with Crippen molar-refractivity contribution in [2.45, 2.75) is 19.9 Å². The number of halogens is 2. The van der Waals surface area contributed by atoms with Crippen LogP contribution in [0.5, 0.6) is 11.5 Å². The van der Waals surface area contributed by atoms with Crippen LogP contribution in [0.4, 0.5) is 20.3 Å². The van der Waals surface area contributed by atoms with Crippen molar-refractivity contribution >= 4 is 28.4 Å². The van der Waals surface area contributed by atoms with Gasteiger partial charge in [0.25, 0.3) is 11.5 Å². The van der Waals surface area contributed by atoms with E-state index < -0.39 is 23.1 Å². The Morgan fingerprint density at radius 1 is 1.15 bits per heavy atom. The fourth-order valence-corrected chi connectivity index (χ4v) is 4.07. The lowest BCUT2D eigenvalue weighted by atomic mass is 10.1. The maximum absolute atomic E-state index is 15.1. The molecule has 0 aliphatic heterocycles. The predicted octanol–water partition coefficient (Wildman–Crippen LogP) is 4.53. The van der Waals surface area contributed by atoms with Gasteiger partial charge >= 0.3 is 0 Å². The largest absolute Gasteiger partial charge is 0.453 e. The first-order chi connectivity index (χ1) is 19.2. The standard InChI is InChI=1S/C28H24F2N6O4/c1-15-10-20(28(39)36(13-15)19-5-3-4-17(29)11-19)27(38)33-18-6-7-22(21(30)12-18)40-23-8-9-31-25-24(23)26(35-34-25)32-16(2)14-37/h3-13,16,37H,14H2,1-2H3,(H,33,38)(H2,31,32,34,35). The van der Waals surface area contributed by atoms with Crippen LogP contribution in [-0.2, 0) is 0 Å². The van der Waals surface area contributed by atoms with E-state index in [9.17, 15) is 19.1 Å². The van der Waals surface area contributed by atoms with E-state index >= 15 is 4.39 Å². The molecule has 0 spiro atoms. The van der Waals surface area contributed by atoms with Gasteiger partial charge in [-0.25, -0.2) is 13.8 Å². The molecule has 12 heteroatoms. The molecule has 2 aromatic carbocycles. The number of aliphatic hydroxyl groups excluding tert-OH is 1. The molecule has 0 fully saturated rings. The van der Waals surface area contributed by atoms with E-state index in [0.717, 1.165) is 6.07 Å². The van der Waals surface area contributed by atoms with Gasteiger partial charge in [-0.1, -0.05) is 6.07 Å². The van der Waals surface area contributed by atoms with E-state index in [1.165, 1.54) is 53.4 Å². The summed E-state index contributed by atoms with van der Waals surface area (Å²) in [5.74, 6) is -1.54. The Kier molecular flexibility index (Phi) is 7.25. The monoisotopic (exact) mass is 546 g/mol. The number of hydrogen-bond donors (Lipinski definition) is 4. The van der Waals surface area contributed by atoms with Crippen molar-refractivity contribution in [1.82, 2.24) is 19.7 Å². The second kappa shape index (κ2) is 10.9. The van der Waals surface area contributed by atoms with Crippen LogP contribution in [0.3, 0.4) is 0 Å². The number of nitrogens with zero attached hydrogens (tertiary/aromatic N) is 3. The van der Waals surface area contributed by atoms with E-state index in [1.807, 2.05) is 0 Å². The number of fused-ring (bicyclic) bond motifs is 1. The highest BCUT2D eigenvalue weighted by atomic mass is 19.1. The van der Waals surface area contributed by atoms with Gasteiger partial charge in [-0.3, -0.25) is 19.3 Å². The predicted molar refractivity (Wildman–Crippen MR) is 145 cm³/mol. The maximum Gasteiger partial charge on any atom is 0.267 e. The lowest BCUT2D eigenvalue weighted by Crippen LogP contribution is -2.28. The van der Waals surface area contributed by atoms with E-state index in [-0.39, 0.29) is 41.1 Å². The Morgan fingerprint density at radius 3 is 2.73 bits per heavy atom. The first-order valence-corrected chi connectivity index (χ1v) is 12.2. The number of H-pyrrole nitrogens is 1. The summed E-state index contributed by atoms with van der Waals surface area (Å²) in [5, 5.41) is 22.3. The smallest absolute Gasteiger partial charge is 0.267 e. The Balaban J connectivity index is 1.39. The van der Waals surface area contributed by atoms with Crippen LogP contribution in [0.25, 0.3) is 16.7 Å². The second-order valence-electron chi connectivity index (χ2n) is 9.12. The van der Waals surface area contributed by atoms with Crippen LogP contribution in [0, 0.1) is 18.6 Å². The number of pyridine rings is 2. The van der Waals surface area contributed by atoms with Crippen molar-refractivity contribution in [1.29, 1.82) is 0 Å². The van der Waals surface area contributed by atoms with E-state index in [0.29, 0.717) is 22.4 Å². The van der Waals surface area contributed by atoms with Gasteiger partial charge in [-0.05, 0) is 55.8 Å². The first-order valence-electron chi connectivity index (χ1n) is 12.2. The number of nitrogens with one attached hydrogen (secondary N) is 3. The zero-order chi connectivity index (χ0) is 28.4. The molecule has 0 saturated carbocycles. The molecule has 0 radical (unpaired) electrons. The lowest BCUT2D eigenvalue weighted by Gasteiger charge is -2.13. The molecule has 1 atom stereocenters. The molecule has 5 rings (SSSR count). The van der Waals surface area contributed by atoms with Crippen LogP contribution in [0.2, 0.25) is 0 Å². The number of carbonyl (C=O) groups is 1. The van der Waals surface area contributed by atoms with Crippen LogP contribution in [-0.4, -0.2) is 43.4 Å². The normalized spacial score (nSPS) is 11.8. The van der Waals surface area contributed by atoms with Gasteiger partial charge in [0.15, 0.2) is 23.0 Å². The van der Waals surface area contributed by atoms with Crippen LogP contribution >= 0.6 is 0 Å². The molecular weight excluding hydrogens is 522 g/mol. The number of aromatic nitrogens is 4. The van der Waals surface area contributed by atoms with E-state index in [4.69, 9.17) is 4.74 Å². The molecular formula is C28H24F2N6O4. The van der Waals surface area contributed by atoms with Gasteiger partial charge in [0.05, 0.1) is 12.3 Å². The minimum Gasteiger partial charge on any atom is -0.453 e. The van der Waals surface area contributed by atoms with Gasteiger partial charge in [0.2, 0.25) is 0 Å². The summed E-state index contributed by atoms with van der Waals surface area (Å²) in [5.41, 5.74) is 0.500. The van der Waals surface area contributed by atoms with Gasteiger partial charge in [-0.2, -0.15) is 5.10 Å². The molecule has 4 N–H and O–H groups in total. The summed E-state index contributed by atoms with van der Waals surface area (Å²) >= 11 is 0. The number of amides is 1. The molecule has 1 amide bonds. The molecule has 40 heavy (non-hydrogen) atoms. The number of aromatic amines is 1. The number of benzene rings is 2. The molecule has 1 unspecified atom stereocenters. The van der Waals surface area contributed by atoms with Gasteiger partial charge in [-0.15, -0.1) is 0 Å². The van der Waals surface area contributed by atoms with Crippen molar-refractivity contribution in [3.8, 4) is 17.2 Å². The van der Waals surface area contributed by atoms with Crippen molar-refractivity contribution < 1.29 is 23.4 Å². The first kappa shape index (κ1) is 26.5. The highest BCUT2D eigenvalue weighted by molar-refractivity contribution is 6.04. The summed E-state index contributed by atoms with van der Waals surface area (Å²) < 4.78 is 35.8. The molecule has 0 aliphatic rings. The van der Waals surface area contributed by atoms with Crippen LogP contribution in [0.1, 0.15) is 22.8 Å². The Morgan fingerprint density at radius 2 is 1.98 bits per heavy atom. The molecule has 0 bridgehead atoms. The quantitative estimate of drug-likeness (QED) is 0.225. The number of hydrogen-bond acceptors (Lipinski definition) is 7. The Labute approximate surface area is 226 Å². The Bertz CT molecular complexity index is 1790. The molecule has 5 aromatic rings. The van der Waals surface area contributed by atoms with Crippen LogP contribution in [0.15, 0.2) is 71.8 Å². The fourth-order valence-electron chi connectivity index (χ4n) is 4.07. The maximum atomic E-state index is 15.1. The van der Waals surface area contributed by atoms with Gasteiger partial charge in [0, 0.05) is 36.3 Å². The third-order valence-electron chi connectivity index (χ3n) is 5.97. The zero-order valence-electron chi connectivity index (χ0n) is 21.4. The zero-order valence-corrected chi connectivity index (χ0v) is 21.4. The van der Waals surface area contributed by atoms with Crippen molar-refractivity contribution in [2.75, 3.05) is 17.2 Å². The minimum atomic E-state index is -0.772. The molecule has 0 saturated heterocycles. The average Bonchev–Trinajstić information content (AvgIpc) is 3.34. The summed E-state index contributed by atoms with van der Waals surface area (Å²) in [6.07, 6.45) is 2.97. The molecule has 0 aliphatic carbocycles. The fraction of sp³-hybridized carbons (Fsp3) is 0.143. The number of carbonyl (C=O) groups excluding carboxylic acids is 1. The SMILES string of the molecule is Cc1cc(C(=O)Nc2ccc(Oc3ccnc4[nH]nc(NC(C)CO)c34)c(F)c2)c(=O)n(-c2cccc(F)c2)c1. The number of anilines is 2. The van der Waals surface area contributed by atoms with E-state index in [2.05, 4.69) is 25.8 Å². The molecule has 3 aromatic heterocycles. The second-order valence-corrected chi connectivity index (χ2v) is 9.12. The third kappa shape index (κ3) is 5.38. The van der Waals surface area contributed by atoms with Crippen molar-refractivity contribution in [3.05, 3.63) is 100 Å². The molecule has 3 heterocycles. The number of aliphatic hydroxyl groups is 1. The minimum absolute atomic E-state index is 0.0929. The van der Waals surface area contributed by atoms with Gasteiger partial charge < -0.3 is 20.5 Å². The summed E-state index contributed by atoms with van der Waals surface area (Å²) in [7, 11) is 0. The number of rotatable bonds is 8. The Hall–Kier alpha value is -5.10. The lowest BCUT2D eigenvalue weighted by molar-refractivity contribution is 0.102. The summed E-state index contributed by atoms with van der Waals surface area (Å²) in [4.78, 5) is 30.2. The topological polar surface area (TPSA) is 134 Å². The number of ether oxygens (including phenoxy) is 1. The summed E-state index contributed by atoms with van der Waals surface area (Å²) in [6.45, 7) is 3.32.